The van der Waals surface area contributed by atoms with E-state index in [0.717, 1.165) is 8.97 Å². The van der Waals surface area contributed by atoms with Crippen molar-refractivity contribution in [3.63, 3.8) is 0 Å². The van der Waals surface area contributed by atoms with Crippen molar-refractivity contribution in [3.05, 3.63) is 0 Å². The first kappa shape index (κ1) is 26.9. The van der Waals surface area contributed by atoms with Crippen molar-refractivity contribution in [1.29, 1.82) is 0 Å². The molecule has 0 aliphatic carbocycles. The molecule has 4 heteroatoms. The third-order valence-corrected chi connectivity index (χ3v) is 8.69. The zero-order valence-electron chi connectivity index (χ0n) is 18.7. The molecule has 0 rings (SSSR count). The molecule has 0 aromatic carbocycles. The molecule has 0 bridgehead atoms. The van der Waals surface area contributed by atoms with Gasteiger partial charge in [-0.2, -0.15) is 0 Å². The molecule has 0 aromatic heterocycles. The smallest absolute Gasteiger partial charge is 0.143 e. The molecule has 2 nitrogen and oxygen atoms in total. The second kappa shape index (κ2) is 14.8. The van der Waals surface area contributed by atoms with Crippen molar-refractivity contribution in [3.8, 4) is 0 Å². The molecule has 0 aliphatic rings. The molecule has 0 heterocycles. The molecule has 0 saturated carbocycles. The Labute approximate surface area is 182 Å². The highest BCUT2D eigenvalue weighted by molar-refractivity contribution is 9.09. The molecule has 2 atom stereocenters. The van der Waals surface area contributed by atoms with Crippen molar-refractivity contribution in [1.82, 2.24) is 0 Å². The molecule has 26 heavy (non-hydrogen) atoms. The Morgan fingerprint density at radius 1 is 0.423 bits per heavy atom. The zero-order chi connectivity index (χ0) is 20.1. The molecule has 0 radical (unpaired) electrons. The molecular formula is C22H48Br2N2+2. The summed E-state index contributed by atoms with van der Waals surface area (Å²) in [7, 11) is 13.6. The van der Waals surface area contributed by atoms with Crippen LogP contribution >= 0.6 is 31.9 Å². The van der Waals surface area contributed by atoms with Crippen LogP contribution in [0, 0.1) is 0 Å². The van der Waals surface area contributed by atoms with Crippen LogP contribution < -0.4 is 0 Å². The Morgan fingerprint density at radius 3 is 0.808 bits per heavy atom. The van der Waals surface area contributed by atoms with Gasteiger partial charge in [-0.15, -0.1) is 0 Å². The van der Waals surface area contributed by atoms with E-state index < -0.39 is 0 Å². The van der Waals surface area contributed by atoms with Crippen molar-refractivity contribution in [2.24, 2.45) is 0 Å². The molecule has 0 aliphatic heterocycles. The van der Waals surface area contributed by atoms with E-state index in [-0.39, 0.29) is 0 Å². The van der Waals surface area contributed by atoms with Crippen LogP contribution in [0.2, 0.25) is 0 Å². The lowest BCUT2D eigenvalue weighted by Gasteiger charge is -2.30. The van der Waals surface area contributed by atoms with E-state index in [1.54, 1.807) is 0 Å². The lowest BCUT2D eigenvalue weighted by Crippen LogP contribution is -2.41. The third-order valence-electron chi connectivity index (χ3n) is 5.32. The fourth-order valence-electron chi connectivity index (χ4n) is 3.17. The quantitative estimate of drug-likeness (QED) is 0.0851. The van der Waals surface area contributed by atoms with Crippen molar-refractivity contribution in [2.45, 2.75) is 99.8 Å². The van der Waals surface area contributed by atoms with E-state index in [2.05, 4.69) is 74.1 Å². The minimum atomic E-state index is 0.607. The highest BCUT2D eigenvalue weighted by Crippen LogP contribution is 2.20. The van der Waals surface area contributed by atoms with Crippen LogP contribution in [0.4, 0.5) is 0 Å². The molecule has 158 valence electrons. The monoisotopic (exact) mass is 498 g/mol. The number of hydrogen-bond acceptors (Lipinski definition) is 0. The van der Waals surface area contributed by atoms with Crippen LogP contribution in [0.3, 0.4) is 0 Å². The number of hydrogen-bond donors (Lipinski definition) is 0. The molecule has 0 aromatic rings. The van der Waals surface area contributed by atoms with Crippen LogP contribution in [-0.2, 0) is 0 Å². The van der Waals surface area contributed by atoms with Gasteiger partial charge >= 0.3 is 0 Å². The molecule has 0 N–H and O–H groups in total. The Balaban J connectivity index is 3.25. The largest absolute Gasteiger partial charge is 0.320 e. The lowest BCUT2D eigenvalue weighted by atomic mass is 10.0. The minimum Gasteiger partial charge on any atom is -0.320 e. The van der Waals surface area contributed by atoms with Gasteiger partial charge in [0.2, 0.25) is 0 Å². The summed E-state index contributed by atoms with van der Waals surface area (Å²) in [6.45, 7) is 0. The predicted octanol–water partition coefficient (Wildman–Crippen LogP) is 7.30. The van der Waals surface area contributed by atoms with E-state index >= 15 is 0 Å². The first-order valence-corrected chi connectivity index (χ1v) is 12.8. The highest BCUT2D eigenvalue weighted by atomic mass is 79.9. The van der Waals surface area contributed by atoms with Crippen LogP contribution in [0.1, 0.15) is 89.9 Å². The van der Waals surface area contributed by atoms with Crippen LogP contribution in [-0.4, -0.2) is 61.2 Å². The predicted molar refractivity (Wildman–Crippen MR) is 126 cm³/mol. The second-order valence-electron chi connectivity index (χ2n) is 9.92. The van der Waals surface area contributed by atoms with Crippen LogP contribution in [0.25, 0.3) is 0 Å². The highest BCUT2D eigenvalue weighted by Gasteiger charge is 2.19. The number of unbranched alkanes of at least 4 members (excludes halogenated alkanes) is 11. The van der Waals surface area contributed by atoms with Gasteiger partial charge in [-0.25, -0.2) is 0 Å². The Hall–Kier alpha value is 0.880. The fourth-order valence-corrected chi connectivity index (χ4v) is 3.82. The maximum absolute atomic E-state index is 3.82. The molecule has 0 saturated heterocycles. The summed E-state index contributed by atoms with van der Waals surface area (Å²) in [6, 6.07) is 0. The summed E-state index contributed by atoms with van der Waals surface area (Å²) in [6.07, 6.45) is 19.7. The third kappa shape index (κ3) is 15.9. The summed E-state index contributed by atoms with van der Waals surface area (Å²) >= 11 is 7.63. The van der Waals surface area contributed by atoms with Gasteiger partial charge in [0.1, 0.15) is 9.90 Å². The lowest BCUT2D eigenvalue weighted by molar-refractivity contribution is -0.879. The van der Waals surface area contributed by atoms with Crippen LogP contribution in [0.15, 0.2) is 0 Å². The summed E-state index contributed by atoms with van der Waals surface area (Å²) in [5, 5.41) is 0. The normalized spacial score (nSPS) is 15.2. The topological polar surface area (TPSA) is 0 Å². The number of halogens is 2. The van der Waals surface area contributed by atoms with Gasteiger partial charge in [0, 0.05) is 12.8 Å². The number of quaternary nitrogens is 2. The van der Waals surface area contributed by atoms with Gasteiger partial charge in [0.05, 0.1) is 42.3 Å². The molecule has 0 amide bonds. The second-order valence-corrected chi connectivity index (χ2v) is 12.0. The van der Waals surface area contributed by atoms with Crippen molar-refractivity contribution < 1.29 is 8.97 Å². The van der Waals surface area contributed by atoms with Gasteiger partial charge in [-0.1, -0.05) is 64.2 Å². The standard InChI is InChI=1S/C22H48Br2N2/c1-25(2,3)21(23)19-17-15-13-11-9-7-8-10-12-14-16-18-20-22(24)26(4,5)6/h21-22H,7-20H2,1-6H3/q+2. The van der Waals surface area contributed by atoms with E-state index in [1.165, 1.54) is 89.9 Å². The van der Waals surface area contributed by atoms with E-state index in [0.29, 0.717) is 9.90 Å². The van der Waals surface area contributed by atoms with Gasteiger partial charge in [-0.05, 0) is 44.7 Å². The Kier molecular flexibility index (Phi) is 15.3. The van der Waals surface area contributed by atoms with E-state index in [1.807, 2.05) is 0 Å². The Morgan fingerprint density at radius 2 is 0.615 bits per heavy atom. The van der Waals surface area contributed by atoms with Crippen molar-refractivity contribution >= 4 is 31.9 Å². The summed E-state index contributed by atoms with van der Waals surface area (Å²) in [5.74, 6) is 0. The van der Waals surface area contributed by atoms with Gasteiger partial charge in [0.15, 0.2) is 0 Å². The average Bonchev–Trinajstić information content (AvgIpc) is 2.52. The molecular weight excluding hydrogens is 452 g/mol. The van der Waals surface area contributed by atoms with E-state index in [9.17, 15) is 0 Å². The maximum atomic E-state index is 3.82. The number of alkyl halides is 2. The number of nitrogens with zero attached hydrogens (tertiary/aromatic N) is 2. The van der Waals surface area contributed by atoms with Gasteiger partial charge in [0.25, 0.3) is 0 Å². The van der Waals surface area contributed by atoms with Gasteiger partial charge in [-0.3, -0.25) is 0 Å². The van der Waals surface area contributed by atoms with Crippen LogP contribution in [0.5, 0.6) is 0 Å². The first-order chi connectivity index (χ1) is 12.0. The molecule has 0 fully saturated rings. The summed E-state index contributed by atoms with van der Waals surface area (Å²) in [5.41, 5.74) is 0. The fraction of sp³-hybridized carbons (Fsp3) is 1.00. The first-order valence-electron chi connectivity index (χ1n) is 11.0. The molecule has 2 unspecified atom stereocenters. The summed E-state index contributed by atoms with van der Waals surface area (Å²) in [4.78, 5) is 1.21. The maximum Gasteiger partial charge on any atom is 0.143 e. The minimum absolute atomic E-state index is 0.607. The van der Waals surface area contributed by atoms with E-state index in [4.69, 9.17) is 0 Å². The zero-order valence-corrected chi connectivity index (χ0v) is 21.9. The average molecular weight is 500 g/mol. The Bertz CT molecular complexity index is 289. The number of rotatable bonds is 17. The SMILES string of the molecule is C[N+](C)(C)C(Br)CCCCCCCCCCCCCCC(Br)[N+](C)(C)C. The summed E-state index contributed by atoms with van der Waals surface area (Å²) < 4.78 is 2.04. The molecule has 0 spiro atoms. The van der Waals surface area contributed by atoms with Gasteiger partial charge < -0.3 is 8.97 Å². The van der Waals surface area contributed by atoms with Crippen molar-refractivity contribution in [2.75, 3.05) is 42.3 Å².